The van der Waals surface area contributed by atoms with Crippen LogP contribution in [0.5, 0.6) is 11.5 Å². The zero-order valence-corrected chi connectivity index (χ0v) is 12.7. The summed E-state index contributed by atoms with van der Waals surface area (Å²) in [5.41, 5.74) is 1.01. The largest absolute Gasteiger partial charge is 0.454 e. The highest BCUT2D eigenvalue weighted by Gasteiger charge is 2.15. The van der Waals surface area contributed by atoms with Gasteiger partial charge in [0.25, 0.3) is 5.56 Å². The average Bonchev–Trinajstić information content (AvgIpc) is 3.02. The van der Waals surface area contributed by atoms with Crippen molar-refractivity contribution in [3.63, 3.8) is 0 Å². The fourth-order valence-electron chi connectivity index (χ4n) is 2.23. The number of hydrogen-bond acceptors (Lipinski definition) is 5. The molecule has 1 aliphatic heterocycles. The number of aromatic nitrogens is 2. The van der Waals surface area contributed by atoms with Gasteiger partial charge < -0.3 is 14.8 Å². The van der Waals surface area contributed by atoms with Crippen LogP contribution in [0.2, 0.25) is 0 Å². The molecule has 7 heteroatoms. The maximum absolute atomic E-state index is 12.1. The van der Waals surface area contributed by atoms with Gasteiger partial charge in [0.05, 0.1) is 12.0 Å². The number of nitrogens with one attached hydrogen (secondary N) is 1. The third-order valence-electron chi connectivity index (χ3n) is 3.43. The van der Waals surface area contributed by atoms with E-state index in [-0.39, 0.29) is 24.8 Å². The van der Waals surface area contributed by atoms with Crippen LogP contribution in [0.4, 0.5) is 0 Å². The fraction of sp³-hybridized carbons (Fsp3) is 0.312. The van der Waals surface area contributed by atoms with E-state index in [0.717, 1.165) is 12.0 Å². The number of amides is 1. The van der Waals surface area contributed by atoms with Crippen molar-refractivity contribution >= 4 is 5.91 Å². The SMILES string of the molecule is CCCNC(=O)Cn1cnc(-c2ccc3c(c2)OCO3)cc1=O. The number of carbonyl (C=O) groups is 1. The van der Waals surface area contributed by atoms with Gasteiger partial charge >= 0.3 is 0 Å². The molecule has 3 rings (SSSR count). The van der Waals surface area contributed by atoms with Crippen molar-refractivity contribution in [2.24, 2.45) is 0 Å². The molecule has 1 aromatic carbocycles. The summed E-state index contributed by atoms with van der Waals surface area (Å²) in [6.45, 7) is 2.72. The zero-order valence-electron chi connectivity index (χ0n) is 12.7. The van der Waals surface area contributed by atoms with Crippen molar-refractivity contribution in [3.8, 4) is 22.8 Å². The van der Waals surface area contributed by atoms with E-state index in [2.05, 4.69) is 10.3 Å². The Morgan fingerprint density at radius 1 is 1.30 bits per heavy atom. The first-order valence-corrected chi connectivity index (χ1v) is 7.40. The molecule has 0 saturated carbocycles. The number of rotatable bonds is 5. The van der Waals surface area contributed by atoms with Crippen molar-refractivity contribution in [1.29, 1.82) is 0 Å². The van der Waals surface area contributed by atoms with Gasteiger partial charge in [-0.15, -0.1) is 0 Å². The molecule has 1 N–H and O–H groups in total. The average molecular weight is 315 g/mol. The Morgan fingerprint density at radius 2 is 2.13 bits per heavy atom. The van der Waals surface area contributed by atoms with E-state index in [9.17, 15) is 9.59 Å². The van der Waals surface area contributed by atoms with Crippen LogP contribution < -0.4 is 20.3 Å². The van der Waals surface area contributed by atoms with E-state index in [4.69, 9.17) is 9.47 Å². The van der Waals surface area contributed by atoms with Gasteiger partial charge in [0.2, 0.25) is 12.7 Å². The fourth-order valence-corrected chi connectivity index (χ4v) is 2.23. The second-order valence-electron chi connectivity index (χ2n) is 5.16. The van der Waals surface area contributed by atoms with Gasteiger partial charge in [-0.2, -0.15) is 0 Å². The Hall–Kier alpha value is -2.83. The van der Waals surface area contributed by atoms with Crippen molar-refractivity contribution in [3.05, 3.63) is 40.9 Å². The topological polar surface area (TPSA) is 82.5 Å². The Bertz CT molecular complexity index is 785. The summed E-state index contributed by atoms with van der Waals surface area (Å²) in [5, 5.41) is 2.73. The molecule has 23 heavy (non-hydrogen) atoms. The summed E-state index contributed by atoms with van der Waals surface area (Å²) in [5.74, 6) is 1.11. The molecule has 0 aliphatic carbocycles. The molecule has 0 bridgehead atoms. The first-order valence-electron chi connectivity index (χ1n) is 7.40. The van der Waals surface area contributed by atoms with E-state index < -0.39 is 0 Å². The van der Waals surface area contributed by atoms with E-state index in [1.807, 2.05) is 13.0 Å². The summed E-state index contributed by atoms with van der Waals surface area (Å²) in [6, 6.07) is 6.78. The lowest BCUT2D eigenvalue weighted by Gasteiger charge is -2.07. The molecular formula is C16H17N3O4. The van der Waals surface area contributed by atoms with Gasteiger partial charge in [-0.25, -0.2) is 4.98 Å². The Kier molecular flexibility index (Phi) is 4.27. The molecule has 2 aromatic rings. The smallest absolute Gasteiger partial charge is 0.254 e. The van der Waals surface area contributed by atoms with Gasteiger partial charge in [0, 0.05) is 18.2 Å². The Balaban J connectivity index is 1.79. The van der Waals surface area contributed by atoms with Crippen molar-refractivity contribution in [2.75, 3.05) is 13.3 Å². The molecule has 2 heterocycles. The number of ether oxygens (including phenoxy) is 2. The first-order chi connectivity index (χ1) is 11.2. The standard InChI is InChI=1S/C16H17N3O4/c1-2-5-17-15(20)8-19-9-18-12(7-16(19)21)11-3-4-13-14(6-11)23-10-22-13/h3-4,6-7,9H,2,5,8,10H2,1H3,(H,17,20). The van der Waals surface area contributed by atoms with E-state index in [0.29, 0.717) is 23.7 Å². The Morgan fingerprint density at radius 3 is 2.91 bits per heavy atom. The van der Waals surface area contributed by atoms with Crippen LogP contribution in [-0.2, 0) is 11.3 Å². The molecule has 0 spiro atoms. The van der Waals surface area contributed by atoms with E-state index in [1.54, 1.807) is 12.1 Å². The summed E-state index contributed by atoms with van der Waals surface area (Å²) in [6.07, 6.45) is 2.23. The molecule has 120 valence electrons. The van der Waals surface area contributed by atoms with Crippen molar-refractivity contribution < 1.29 is 14.3 Å². The molecular weight excluding hydrogens is 298 g/mol. The lowest BCUT2D eigenvalue weighted by Crippen LogP contribution is -2.32. The predicted molar refractivity (Wildman–Crippen MR) is 83.4 cm³/mol. The molecule has 1 aliphatic rings. The van der Waals surface area contributed by atoms with Crippen LogP contribution in [0.3, 0.4) is 0 Å². The maximum atomic E-state index is 12.1. The minimum absolute atomic E-state index is 0.0345. The minimum atomic E-state index is -0.278. The highest BCUT2D eigenvalue weighted by Crippen LogP contribution is 2.35. The molecule has 0 atom stereocenters. The molecule has 7 nitrogen and oxygen atoms in total. The third-order valence-corrected chi connectivity index (χ3v) is 3.43. The summed E-state index contributed by atoms with van der Waals surface area (Å²) in [7, 11) is 0. The lowest BCUT2D eigenvalue weighted by atomic mass is 10.1. The molecule has 0 saturated heterocycles. The van der Waals surface area contributed by atoms with Gasteiger partial charge in [-0.05, 0) is 24.6 Å². The van der Waals surface area contributed by atoms with Crippen LogP contribution in [0.25, 0.3) is 11.3 Å². The number of nitrogens with zero attached hydrogens (tertiary/aromatic N) is 2. The van der Waals surface area contributed by atoms with Crippen LogP contribution >= 0.6 is 0 Å². The highest BCUT2D eigenvalue weighted by atomic mass is 16.7. The molecule has 0 unspecified atom stereocenters. The number of carbonyl (C=O) groups excluding carboxylic acids is 1. The highest BCUT2D eigenvalue weighted by molar-refractivity contribution is 5.75. The van der Waals surface area contributed by atoms with Gasteiger partial charge in [0.1, 0.15) is 6.54 Å². The monoisotopic (exact) mass is 315 g/mol. The van der Waals surface area contributed by atoms with Crippen molar-refractivity contribution in [1.82, 2.24) is 14.9 Å². The van der Waals surface area contributed by atoms with Crippen LogP contribution in [0.15, 0.2) is 35.4 Å². The van der Waals surface area contributed by atoms with E-state index in [1.165, 1.54) is 17.0 Å². The summed E-state index contributed by atoms with van der Waals surface area (Å²) in [4.78, 5) is 28.1. The second-order valence-corrected chi connectivity index (χ2v) is 5.16. The minimum Gasteiger partial charge on any atom is -0.454 e. The number of hydrogen-bond donors (Lipinski definition) is 1. The van der Waals surface area contributed by atoms with Crippen LogP contribution in [0, 0.1) is 0 Å². The molecule has 0 fully saturated rings. The number of benzene rings is 1. The maximum Gasteiger partial charge on any atom is 0.254 e. The Labute approximate surface area is 132 Å². The second kappa shape index (κ2) is 6.51. The quantitative estimate of drug-likeness (QED) is 0.895. The molecule has 1 aromatic heterocycles. The first kappa shape index (κ1) is 15.1. The van der Waals surface area contributed by atoms with Crippen LogP contribution in [0.1, 0.15) is 13.3 Å². The predicted octanol–water partition coefficient (Wildman–Crippen LogP) is 1.17. The van der Waals surface area contributed by atoms with Gasteiger partial charge in [0.15, 0.2) is 11.5 Å². The molecule has 0 radical (unpaired) electrons. The molecule has 1 amide bonds. The van der Waals surface area contributed by atoms with E-state index >= 15 is 0 Å². The van der Waals surface area contributed by atoms with Crippen LogP contribution in [-0.4, -0.2) is 28.8 Å². The number of fused-ring (bicyclic) bond motifs is 1. The summed E-state index contributed by atoms with van der Waals surface area (Å²) < 4.78 is 11.9. The third kappa shape index (κ3) is 3.33. The van der Waals surface area contributed by atoms with Gasteiger partial charge in [-0.1, -0.05) is 6.92 Å². The summed E-state index contributed by atoms with van der Waals surface area (Å²) >= 11 is 0. The zero-order chi connectivity index (χ0) is 16.2. The lowest BCUT2D eigenvalue weighted by molar-refractivity contribution is -0.121. The normalized spacial score (nSPS) is 12.2. The van der Waals surface area contributed by atoms with Gasteiger partial charge in [-0.3, -0.25) is 14.2 Å². The van der Waals surface area contributed by atoms with Crippen molar-refractivity contribution in [2.45, 2.75) is 19.9 Å².